The first-order valence-electron chi connectivity index (χ1n) is 5.30. The topological polar surface area (TPSA) is 49.8 Å². The molecule has 0 atom stereocenters. The number of likely N-dealkylation sites (tertiary alicyclic amines) is 1. The van der Waals surface area contributed by atoms with Gasteiger partial charge in [-0.3, -0.25) is 0 Å². The Balaban J connectivity index is 2.56. The van der Waals surface area contributed by atoms with Gasteiger partial charge in [0.25, 0.3) is 0 Å². The zero-order chi connectivity index (χ0) is 11.3. The molecule has 0 spiro atoms. The Labute approximate surface area is 95.2 Å². The number of nitrogens with zero attached hydrogens (tertiary/aromatic N) is 1. The van der Waals surface area contributed by atoms with Crippen molar-refractivity contribution in [3.63, 3.8) is 0 Å². The summed E-state index contributed by atoms with van der Waals surface area (Å²) in [5, 5.41) is 9.19. The second-order valence-electron chi connectivity index (χ2n) is 3.77. The lowest BCUT2D eigenvalue weighted by molar-refractivity contribution is -0.172. The molecule has 0 aliphatic carbocycles. The summed E-state index contributed by atoms with van der Waals surface area (Å²) in [4.78, 5) is 13.4. The van der Waals surface area contributed by atoms with Crippen molar-refractivity contribution in [1.82, 2.24) is 4.90 Å². The van der Waals surface area contributed by atoms with E-state index >= 15 is 0 Å². The number of hydrogen-bond acceptors (Lipinski definition) is 3. The number of rotatable bonds is 5. The maximum absolute atomic E-state index is 11.2. The van der Waals surface area contributed by atoms with Crippen LogP contribution in [0.2, 0.25) is 0 Å². The van der Waals surface area contributed by atoms with Crippen molar-refractivity contribution in [3.8, 4) is 0 Å². The zero-order valence-electron chi connectivity index (χ0n) is 9.04. The number of piperidine rings is 1. The van der Waals surface area contributed by atoms with Crippen LogP contribution in [0, 0.1) is 0 Å². The fourth-order valence-electron chi connectivity index (χ4n) is 1.88. The van der Waals surface area contributed by atoms with Crippen LogP contribution >= 0.6 is 11.6 Å². The second-order valence-corrected chi connectivity index (χ2v) is 4.15. The molecule has 0 unspecified atom stereocenters. The fourth-order valence-corrected chi connectivity index (χ4v) is 1.96. The van der Waals surface area contributed by atoms with Crippen molar-refractivity contribution in [2.75, 3.05) is 32.1 Å². The Hall–Kier alpha value is -0.320. The quantitative estimate of drug-likeness (QED) is 0.728. The van der Waals surface area contributed by atoms with Gasteiger partial charge in [-0.1, -0.05) is 6.92 Å². The van der Waals surface area contributed by atoms with Gasteiger partial charge in [0.05, 0.1) is 6.61 Å². The molecule has 0 aromatic rings. The Morgan fingerprint density at radius 1 is 1.53 bits per heavy atom. The normalized spacial score (nSPS) is 21.5. The molecule has 0 radical (unpaired) electrons. The first-order chi connectivity index (χ1) is 7.14. The third kappa shape index (κ3) is 3.06. The van der Waals surface area contributed by atoms with E-state index in [4.69, 9.17) is 16.3 Å². The zero-order valence-corrected chi connectivity index (χ0v) is 9.79. The van der Waals surface area contributed by atoms with Crippen molar-refractivity contribution in [1.29, 1.82) is 0 Å². The number of hydrogen-bond donors (Lipinski definition) is 1. The second kappa shape index (κ2) is 5.68. The molecule has 1 N–H and O–H groups in total. The minimum absolute atomic E-state index is 0.306. The van der Waals surface area contributed by atoms with E-state index in [2.05, 4.69) is 11.8 Å². The van der Waals surface area contributed by atoms with Gasteiger partial charge >= 0.3 is 5.97 Å². The molecular formula is C10H18ClNO3. The highest BCUT2D eigenvalue weighted by Gasteiger charge is 2.42. The first kappa shape index (κ1) is 12.7. The monoisotopic (exact) mass is 235 g/mol. The van der Waals surface area contributed by atoms with Crippen LogP contribution in [-0.2, 0) is 9.53 Å². The van der Waals surface area contributed by atoms with Crippen LogP contribution in [-0.4, -0.2) is 53.7 Å². The molecule has 0 amide bonds. The lowest BCUT2D eigenvalue weighted by Gasteiger charge is -2.38. The Morgan fingerprint density at radius 3 is 2.53 bits per heavy atom. The van der Waals surface area contributed by atoms with Gasteiger partial charge in [0, 0.05) is 19.0 Å². The largest absolute Gasteiger partial charge is 0.479 e. The average Bonchev–Trinajstić information content (AvgIpc) is 2.27. The van der Waals surface area contributed by atoms with E-state index in [1.807, 2.05) is 0 Å². The Kier molecular flexibility index (Phi) is 4.83. The Morgan fingerprint density at radius 2 is 2.13 bits per heavy atom. The number of ether oxygens (including phenoxy) is 1. The van der Waals surface area contributed by atoms with Gasteiger partial charge in [-0.25, -0.2) is 4.79 Å². The van der Waals surface area contributed by atoms with Gasteiger partial charge in [0.2, 0.25) is 0 Å². The van der Waals surface area contributed by atoms with Crippen LogP contribution in [0.5, 0.6) is 0 Å². The highest BCUT2D eigenvalue weighted by atomic mass is 35.5. The number of alkyl halides is 1. The number of carbonyl (C=O) groups is 1. The highest BCUT2D eigenvalue weighted by Crippen LogP contribution is 2.26. The summed E-state index contributed by atoms with van der Waals surface area (Å²) in [6, 6.07) is 0. The number of carboxylic acid groups (broad SMARTS) is 1. The molecule has 0 bridgehead atoms. The molecule has 1 heterocycles. The van der Waals surface area contributed by atoms with Crippen molar-refractivity contribution >= 4 is 17.6 Å². The van der Waals surface area contributed by atoms with Crippen LogP contribution in [0.4, 0.5) is 0 Å². The van der Waals surface area contributed by atoms with Crippen molar-refractivity contribution < 1.29 is 14.6 Å². The third-order valence-electron chi connectivity index (χ3n) is 2.96. The molecule has 1 saturated heterocycles. The predicted molar refractivity (Wildman–Crippen MR) is 58.4 cm³/mol. The fraction of sp³-hybridized carbons (Fsp3) is 0.900. The average molecular weight is 236 g/mol. The predicted octanol–water partition coefficient (Wildman–Crippen LogP) is 1.18. The van der Waals surface area contributed by atoms with Gasteiger partial charge in [-0.15, -0.1) is 11.6 Å². The molecule has 1 fully saturated rings. The summed E-state index contributed by atoms with van der Waals surface area (Å²) in [5.41, 5.74) is -0.999. The molecule has 1 aliphatic heterocycles. The van der Waals surface area contributed by atoms with Gasteiger partial charge in [-0.2, -0.15) is 0 Å². The molecule has 0 aromatic carbocycles. The minimum atomic E-state index is -0.999. The highest BCUT2D eigenvalue weighted by molar-refractivity contribution is 6.18. The first-order valence-corrected chi connectivity index (χ1v) is 5.84. The molecule has 0 saturated carbocycles. The van der Waals surface area contributed by atoms with Crippen LogP contribution in [0.3, 0.4) is 0 Å². The SMILES string of the molecule is CCN1CCC(OCCCl)(C(=O)O)CC1. The summed E-state index contributed by atoms with van der Waals surface area (Å²) >= 11 is 5.52. The van der Waals surface area contributed by atoms with E-state index in [9.17, 15) is 9.90 Å². The lowest BCUT2D eigenvalue weighted by Crippen LogP contribution is -2.51. The van der Waals surface area contributed by atoms with Gasteiger partial charge < -0.3 is 14.7 Å². The molecular weight excluding hydrogens is 218 g/mol. The lowest BCUT2D eigenvalue weighted by atomic mass is 9.91. The van der Waals surface area contributed by atoms with E-state index in [1.54, 1.807) is 0 Å². The van der Waals surface area contributed by atoms with E-state index in [1.165, 1.54) is 0 Å². The maximum Gasteiger partial charge on any atom is 0.336 e. The smallest absolute Gasteiger partial charge is 0.336 e. The molecule has 15 heavy (non-hydrogen) atoms. The Bertz CT molecular complexity index is 215. The molecule has 4 nitrogen and oxygen atoms in total. The summed E-state index contributed by atoms with van der Waals surface area (Å²) in [5.74, 6) is -0.518. The summed E-state index contributed by atoms with van der Waals surface area (Å²) < 4.78 is 5.42. The number of carboxylic acids is 1. The molecule has 1 aliphatic rings. The molecule has 88 valence electrons. The maximum atomic E-state index is 11.2. The van der Waals surface area contributed by atoms with Gasteiger partial charge in [0.1, 0.15) is 0 Å². The summed E-state index contributed by atoms with van der Waals surface area (Å²) in [6.07, 6.45) is 1.10. The molecule has 0 aromatic heterocycles. The summed E-state index contributed by atoms with van der Waals surface area (Å²) in [7, 11) is 0. The van der Waals surface area contributed by atoms with E-state index in [0.717, 1.165) is 19.6 Å². The standard InChI is InChI=1S/C10H18ClNO3/c1-2-12-6-3-10(4-7-12,9(13)14)15-8-5-11/h2-8H2,1H3,(H,13,14). The van der Waals surface area contributed by atoms with Crippen LogP contribution in [0.1, 0.15) is 19.8 Å². The molecule has 5 heteroatoms. The van der Waals surface area contributed by atoms with Crippen molar-refractivity contribution in [2.24, 2.45) is 0 Å². The van der Waals surface area contributed by atoms with Crippen molar-refractivity contribution in [2.45, 2.75) is 25.4 Å². The van der Waals surface area contributed by atoms with Crippen LogP contribution in [0.25, 0.3) is 0 Å². The van der Waals surface area contributed by atoms with E-state index in [-0.39, 0.29) is 0 Å². The summed E-state index contributed by atoms with van der Waals surface area (Å²) in [6.45, 7) is 4.91. The number of halogens is 1. The molecule has 1 rings (SSSR count). The van der Waals surface area contributed by atoms with Crippen LogP contribution in [0.15, 0.2) is 0 Å². The minimum Gasteiger partial charge on any atom is -0.479 e. The van der Waals surface area contributed by atoms with E-state index < -0.39 is 11.6 Å². The van der Waals surface area contributed by atoms with Gasteiger partial charge in [-0.05, 0) is 19.4 Å². The third-order valence-corrected chi connectivity index (χ3v) is 3.11. The van der Waals surface area contributed by atoms with Crippen molar-refractivity contribution in [3.05, 3.63) is 0 Å². The van der Waals surface area contributed by atoms with Crippen LogP contribution < -0.4 is 0 Å². The number of aliphatic carboxylic acids is 1. The van der Waals surface area contributed by atoms with E-state index in [0.29, 0.717) is 25.3 Å². The van der Waals surface area contributed by atoms with Gasteiger partial charge in [0.15, 0.2) is 5.60 Å².